The van der Waals surface area contributed by atoms with Crippen LogP contribution >= 0.6 is 0 Å². The van der Waals surface area contributed by atoms with E-state index in [1.807, 2.05) is 0 Å². The summed E-state index contributed by atoms with van der Waals surface area (Å²) < 4.78 is 0. The van der Waals surface area contributed by atoms with E-state index in [-0.39, 0.29) is 5.54 Å². The molecule has 0 bridgehead atoms. The lowest BCUT2D eigenvalue weighted by atomic mass is 9.60. The van der Waals surface area contributed by atoms with Crippen LogP contribution in [0.2, 0.25) is 0 Å². The molecule has 2 rings (SSSR count). The van der Waals surface area contributed by atoms with Crippen molar-refractivity contribution in [1.29, 1.82) is 5.26 Å². The van der Waals surface area contributed by atoms with Crippen LogP contribution in [0.1, 0.15) is 38.5 Å². The summed E-state index contributed by atoms with van der Waals surface area (Å²) in [6.45, 7) is 1.95. The van der Waals surface area contributed by atoms with Crippen LogP contribution in [0.3, 0.4) is 0 Å². The van der Waals surface area contributed by atoms with Crippen LogP contribution in [0.15, 0.2) is 0 Å². The van der Waals surface area contributed by atoms with Crippen molar-refractivity contribution in [2.75, 3.05) is 27.2 Å². The highest BCUT2D eigenvalue weighted by molar-refractivity contribution is 5.17. The largest absolute Gasteiger partial charge is 0.308 e. The summed E-state index contributed by atoms with van der Waals surface area (Å²) in [6.07, 6.45) is 7.63. The van der Waals surface area contributed by atoms with Gasteiger partial charge in [0.2, 0.25) is 0 Å². The zero-order valence-corrected chi connectivity index (χ0v) is 11.2. The second-order valence-electron chi connectivity index (χ2n) is 5.97. The number of hydrogen-bond acceptors (Lipinski definition) is 3. The van der Waals surface area contributed by atoms with Gasteiger partial charge in [-0.1, -0.05) is 12.8 Å². The summed E-state index contributed by atoms with van der Waals surface area (Å²) in [6, 6.07) is 2.66. The Labute approximate surface area is 105 Å². The van der Waals surface area contributed by atoms with Gasteiger partial charge < -0.3 is 4.90 Å². The molecule has 0 saturated heterocycles. The van der Waals surface area contributed by atoms with Gasteiger partial charge in [-0.3, -0.25) is 5.32 Å². The molecule has 0 heterocycles. The molecule has 2 aliphatic rings. The number of hydrogen-bond donors (Lipinski definition) is 1. The molecule has 0 aliphatic heterocycles. The number of likely N-dealkylation sites (N-methyl/N-ethyl adjacent to an activating group) is 1. The first kappa shape index (κ1) is 12.9. The van der Waals surface area contributed by atoms with Crippen molar-refractivity contribution in [1.82, 2.24) is 10.2 Å². The van der Waals surface area contributed by atoms with Crippen molar-refractivity contribution in [2.45, 2.75) is 44.1 Å². The summed E-state index contributed by atoms with van der Waals surface area (Å²) >= 11 is 0. The quantitative estimate of drug-likeness (QED) is 0.765. The van der Waals surface area contributed by atoms with E-state index in [4.69, 9.17) is 0 Å². The predicted octanol–water partition coefficient (Wildman–Crippen LogP) is 2.00. The molecule has 0 radical (unpaired) electrons. The standard InChI is InChI=1S/C14H25N3/c1-17(2)10-9-16-14(11-15,12-5-3-6-12)13-7-4-8-13/h12-13,16H,3-10H2,1-2H3. The highest BCUT2D eigenvalue weighted by Crippen LogP contribution is 2.46. The van der Waals surface area contributed by atoms with E-state index in [1.165, 1.54) is 38.5 Å². The minimum absolute atomic E-state index is 0.202. The smallest absolute Gasteiger partial charge is 0.112 e. The average Bonchev–Trinajstić information content (AvgIpc) is 2.10. The van der Waals surface area contributed by atoms with Gasteiger partial charge in [-0.2, -0.15) is 5.26 Å². The molecule has 0 amide bonds. The Kier molecular flexibility index (Phi) is 4.06. The number of nitrogens with zero attached hydrogens (tertiary/aromatic N) is 2. The van der Waals surface area contributed by atoms with Gasteiger partial charge in [-0.05, 0) is 51.6 Å². The molecule has 1 N–H and O–H groups in total. The third-order valence-corrected chi connectivity index (χ3v) is 4.66. The van der Waals surface area contributed by atoms with E-state index in [0.717, 1.165) is 13.1 Å². The Morgan fingerprint density at radius 1 is 1.18 bits per heavy atom. The van der Waals surface area contributed by atoms with E-state index in [1.54, 1.807) is 0 Å². The number of rotatable bonds is 6. The fraction of sp³-hybridized carbons (Fsp3) is 0.929. The van der Waals surface area contributed by atoms with Gasteiger partial charge in [0.25, 0.3) is 0 Å². The molecule has 0 atom stereocenters. The predicted molar refractivity (Wildman–Crippen MR) is 69.6 cm³/mol. The lowest BCUT2D eigenvalue weighted by molar-refractivity contribution is 0.0686. The van der Waals surface area contributed by atoms with Crippen molar-refractivity contribution < 1.29 is 0 Å². The van der Waals surface area contributed by atoms with Crippen molar-refractivity contribution in [3.8, 4) is 6.07 Å². The Hall–Kier alpha value is -0.590. The van der Waals surface area contributed by atoms with E-state index in [2.05, 4.69) is 30.4 Å². The molecular weight excluding hydrogens is 210 g/mol. The van der Waals surface area contributed by atoms with Crippen LogP contribution in [0.4, 0.5) is 0 Å². The maximum absolute atomic E-state index is 9.69. The third kappa shape index (κ3) is 2.48. The normalized spacial score (nSPS) is 22.0. The van der Waals surface area contributed by atoms with Crippen LogP contribution in [-0.4, -0.2) is 37.6 Å². The van der Waals surface area contributed by atoms with Gasteiger partial charge in [-0.15, -0.1) is 0 Å². The summed E-state index contributed by atoms with van der Waals surface area (Å²) in [5, 5.41) is 13.3. The number of nitriles is 1. The molecule has 0 aromatic rings. The fourth-order valence-corrected chi connectivity index (χ4v) is 3.06. The van der Waals surface area contributed by atoms with Gasteiger partial charge in [0.15, 0.2) is 0 Å². The zero-order valence-electron chi connectivity index (χ0n) is 11.2. The molecule has 0 aromatic carbocycles. The van der Waals surface area contributed by atoms with Gasteiger partial charge in [0, 0.05) is 13.1 Å². The Morgan fingerprint density at radius 2 is 1.71 bits per heavy atom. The monoisotopic (exact) mass is 235 g/mol. The third-order valence-electron chi connectivity index (χ3n) is 4.66. The van der Waals surface area contributed by atoms with E-state index in [0.29, 0.717) is 11.8 Å². The van der Waals surface area contributed by atoms with Gasteiger partial charge in [-0.25, -0.2) is 0 Å². The van der Waals surface area contributed by atoms with Crippen molar-refractivity contribution in [2.24, 2.45) is 11.8 Å². The minimum Gasteiger partial charge on any atom is -0.308 e. The summed E-state index contributed by atoms with van der Waals surface area (Å²) in [5.74, 6) is 1.22. The highest BCUT2D eigenvalue weighted by Gasteiger charge is 2.49. The topological polar surface area (TPSA) is 39.1 Å². The first-order valence-corrected chi connectivity index (χ1v) is 7.00. The highest BCUT2D eigenvalue weighted by atomic mass is 15.1. The summed E-state index contributed by atoms with van der Waals surface area (Å²) in [5.41, 5.74) is -0.202. The van der Waals surface area contributed by atoms with Gasteiger partial charge >= 0.3 is 0 Å². The van der Waals surface area contributed by atoms with Crippen LogP contribution in [0, 0.1) is 23.2 Å². The lowest BCUT2D eigenvalue weighted by Gasteiger charge is -2.49. The van der Waals surface area contributed by atoms with E-state index >= 15 is 0 Å². The maximum Gasteiger partial charge on any atom is 0.112 e. The molecule has 17 heavy (non-hydrogen) atoms. The van der Waals surface area contributed by atoms with Crippen molar-refractivity contribution >= 4 is 0 Å². The Bertz CT molecular complexity index is 270. The van der Waals surface area contributed by atoms with Crippen LogP contribution in [0.25, 0.3) is 0 Å². The molecule has 0 spiro atoms. The first-order chi connectivity index (χ1) is 8.19. The molecule has 3 heteroatoms. The Balaban J connectivity index is 1.97. The molecule has 96 valence electrons. The minimum atomic E-state index is -0.202. The van der Waals surface area contributed by atoms with Gasteiger partial charge in [0.05, 0.1) is 6.07 Å². The second-order valence-corrected chi connectivity index (χ2v) is 5.97. The molecule has 0 aromatic heterocycles. The molecule has 2 saturated carbocycles. The van der Waals surface area contributed by atoms with Crippen molar-refractivity contribution in [3.63, 3.8) is 0 Å². The number of nitrogens with one attached hydrogen (secondary N) is 1. The molecule has 2 fully saturated rings. The second kappa shape index (κ2) is 5.37. The lowest BCUT2D eigenvalue weighted by Crippen LogP contribution is -2.60. The van der Waals surface area contributed by atoms with Crippen LogP contribution in [0.5, 0.6) is 0 Å². The average molecular weight is 235 g/mol. The SMILES string of the molecule is CN(C)CCNC(C#N)(C1CCC1)C1CCC1. The summed E-state index contributed by atoms with van der Waals surface area (Å²) in [7, 11) is 4.17. The Morgan fingerprint density at radius 3 is 2.00 bits per heavy atom. The molecule has 0 unspecified atom stereocenters. The fourth-order valence-electron chi connectivity index (χ4n) is 3.06. The van der Waals surface area contributed by atoms with Crippen LogP contribution in [-0.2, 0) is 0 Å². The maximum atomic E-state index is 9.69. The first-order valence-electron chi connectivity index (χ1n) is 7.00. The van der Waals surface area contributed by atoms with E-state index in [9.17, 15) is 5.26 Å². The van der Waals surface area contributed by atoms with E-state index < -0.39 is 0 Å². The zero-order chi connectivity index (χ0) is 12.3. The van der Waals surface area contributed by atoms with Crippen LogP contribution < -0.4 is 5.32 Å². The molecular formula is C14H25N3. The summed E-state index contributed by atoms with van der Waals surface area (Å²) in [4.78, 5) is 2.18. The van der Waals surface area contributed by atoms with Gasteiger partial charge in [0.1, 0.15) is 5.54 Å². The van der Waals surface area contributed by atoms with Crippen molar-refractivity contribution in [3.05, 3.63) is 0 Å². The molecule has 2 aliphatic carbocycles. The molecule has 3 nitrogen and oxygen atoms in total.